The van der Waals surface area contributed by atoms with Gasteiger partial charge in [0.25, 0.3) is 5.91 Å². The van der Waals surface area contributed by atoms with E-state index < -0.39 is 6.10 Å². The van der Waals surface area contributed by atoms with E-state index in [2.05, 4.69) is 15.5 Å². The first kappa shape index (κ1) is 18.4. The van der Waals surface area contributed by atoms with Crippen LogP contribution in [-0.4, -0.2) is 29.3 Å². The fraction of sp³-hybridized carbons (Fsp3) is 0.250. The molecule has 0 bridgehead atoms. The number of ether oxygens (including phenoxy) is 2. The predicted molar refractivity (Wildman–Crippen MR) is 99.4 cm³/mol. The normalized spacial score (nSPS) is 11.7. The summed E-state index contributed by atoms with van der Waals surface area (Å²) >= 11 is 0. The minimum atomic E-state index is -0.708. The van der Waals surface area contributed by atoms with Gasteiger partial charge in [-0.2, -0.15) is 4.98 Å². The average molecular weight is 367 g/mol. The largest absolute Gasteiger partial charge is 0.493 e. The lowest BCUT2D eigenvalue weighted by molar-refractivity contribution is -0.127. The molecule has 0 fully saturated rings. The van der Waals surface area contributed by atoms with Gasteiger partial charge in [0.05, 0.1) is 13.7 Å². The smallest absolute Gasteiger partial charge is 0.261 e. The number of nitrogens with zero attached hydrogens (tertiary/aromatic N) is 2. The van der Waals surface area contributed by atoms with Crippen LogP contribution in [0, 0.1) is 6.92 Å². The van der Waals surface area contributed by atoms with Gasteiger partial charge < -0.3 is 19.3 Å². The molecule has 7 heteroatoms. The molecule has 0 aliphatic rings. The van der Waals surface area contributed by atoms with Gasteiger partial charge in [0.1, 0.15) is 0 Å². The Kier molecular flexibility index (Phi) is 5.71. The molecule has 0 aliphatic carbocycles. The number of nitrogens with one attached hydrogen (secondary N) is 1. The highest BCUT2D eigenvalue weighted by atomic mass is 16.5. The monoisotopic (exact) mass is 367 g/mol. The first-order valence-corrected chi connectivity index (χ1v) is 8.54. The Balaban J connectivity index is 1.56. The zero-order valence-electron chi connectivity index (χ0n) is 15.4. The van der Waals surface area contributed by atoms with E-state index in [1.165, 1.54) is 0 Å². The van der Waals surface area contributed by atoms with E-state index in [1.54, 1.807) is 26.2 Å². The molecule has 1 atom stereocenters. The quantitative estimate of drug-likeness (QED) is 0.690. The van der Waals surface area contributed by atoms with E-state index in [4.69, 9.17) is 14.0 Å². The third-order valence-electron chi connectivity index (χ3n) is 3.93. The number of amides is 1. The maximum absolute atomic E-state index is 12.3. The highest BCUT2D eigenvalue weighted by Gasteiger charge is 2.17. The number of aryl methyl sites for hydroxylation is 1. The Morgan fingerprint density at radius 3 is 2.56 bits per heavy atom. The van der Waals surface area contributed by atoms with E-state index in [0.29, 0.717) is 23.2 Å². The van der Waals surface area contributed by atoms with E-state index in [0.717, 1.165) is 11.1 Å². The van der Waals surface area contributed by atoms with Crippen LogP contribution in [0.1, 0.15) is 18.4 Å². The molecule has 140 valence electrons. The second kappa shape index (κ2) is 8.35. The molecule has 1 amide bonds. The molecule has 1 heterocycles. The van der Waals surface area contributed by atoms with Gasteiger partial charge in [-0.05, 0) is 26.0 Å². The Hall–Kier alpha value is -3.35. The van der Waals surface area contributed by atoms with Crippen molar-refractivity contribution in [3.05, 3.63) is 60.0 Å². The van der Waals surface area contributed by atoms with Crippen molar-refractivity contribution in [2.45, 2.75) is 26.5 Å². The highest BCUT2D eigenvalue weighted by molar-refractivity contribution is 5.80. The zero-order chi connectivity index (χ0) is 19.2. The number of aromatic nitrogens is 2. The van der Waals surface area contributed by atoms with Crippen molar-refractivity contribution >= 4 is 5.91 Å². The average Bonchev–Trinajstić information content (AvgIpc) is 3.16. The first-order chi connectivity index (χ1) is 13.1. The molecule has 1 aromatic heterocycles. The lowest BCUT2D eigenvalue weighted by Gasteiger charge is -2.16. The number of rotatable bonds is 7. The van der Waals surface area contributed by atoms with E-state index >= 15 is 0 Å². The van der Waals surface area contributed by atoms with Crippen LogP contribution in [0.25, 0.3) is 11.4 Å². The number of methoxy groups -OCH3 is 1. The third kappa shape index (κ3) is 4.63. The van der Waals surface area contributed by atoms with Crippen LogP contribution in [0.2, 0.25) is 0 Å². The topological polar surface area (TPSA) is 86.5 Å². The summed E-state index contributed by atoms with van der Waals surface area (Å²) in [5.41, 5.74) is 2.01. The molecule has 0 radical (unpaired) electrons. The Bertz CT molecular complexity index is 906. The van der Waals surface area contributed by atoms with Crippen LogP contribution in [0.5, 0.6) is 11.5 Å². The minimum Gasteiger partial charge on any atom is -0.493 e. The number of benzene rings is 2. The van der Waals surface area contributed by atoms with Crippen molar-refractivity contribution in [3.8, 4) is 22.9 Å². The molecule has 7 nitrogen and oxygen atoms in total. The van der Waals surface area contributed by atoms with Crippen molar-refractivity contribution in [1.82, 2.24) is 15.5 Å². The molecule has 0 spiro atoms. The SMILES string of the molecule is COc1ccccc1O[C@@H](C)C(=O)NCc1nc(-c2ccc(C)cc2)no1. The number of hydrogen-bond acceptors (Lipinski definition) is 6. The standard InChI is InChI=1S/C20H21N3O4/c1-13-8-10-15(11-9-13)19-22-18(27-23-19)12-21-20(24)14(2)26-17-7-5-4-6-16(17)25-3/h4-11,14H,12H2,1-3H3,(H,21,24)/t14-/m0/s1. The number of hydrogen-bond donors (Lipinski definition) is 1. The van der Waals surface area contributed by atoms with Gasteiger partial charge >= 0.3 is 0 Å². The van der Waals surface area contributed by atoms with Crippen LogP contribution in [-0.2, 0) is 11.3 Å². The second-order valence-electron chi connectivity index (χ2n) is 6.01. The van der Waals surface area contributed by atoms with Gasteiger partial charge in [0, 0.05) is 5.56 Å². The molecule has 3 aromatic rings. The van der Waals surface area contributed by atoms with E-state index in [1.807, 2.05) is 43.3 Å². The fourth-order valence-electron chi connectivity index (χ4n) is 2.41. The van der Waals surface area contributed by atoms with Gasteiger partial charge in [0.2, 0.25) is 11.7 Å². The summed E-state index contributed by atoms with van der Waals surface area (Å²) in [5, 5.41) is 6.67. The van der Waals surface area contributed by atoms with Crippen molar-refractivity contribution in [3.63, 3.8) is 0 Å². The second-order valence-corrected chi connectivity index (χ2v) is 6.01. The van der Waals surface area contributed by atoms with Gasteiger partial charge in [-0.15, -0.1) is 0 Å². The molecule has 0 saturated carbocycles. The van der Waals surface area contributed by atoms with Crippen LogP contribution in [0.3, 0.4) is 0 Å². The van der Waals surface area contributed by atoms with Crippen molar-refractivity contribution in [1.29, 1.82) is 0 Å². The maximum atomic E-state index is 12.3. The summed E-state index contributed by atoms with van der Waals surface area (Å²) in [4.78, 5) is 16.6. The summed E-state index contributed by atoms with van der Waals surface area (Å²) < 4.78 is 16.1. The molecular weight excluding hydrogens is 346 g/mol. The van der Waals surface area contributed by atoms with E-state index in [9.17, 15) is 4.79 Å². The summed E-state index contributed by atoms with van der Waals surface area (Å²) in [6, 6.07) is 15.0. The van der Waals surface area contributed by atoms with Gasteiger partial charge in [-0.25, -0.2) is 0 Å². The highest BCUT2D eigenvalue weighted by Crippen LogP contribution is 2.26. The van der Waals surface area contributed by atoms with Gasteiger partial charge in [-0.3, -0.25) is 4.79 Å². The van der Waals surface area contributed by atoms with Crippen molar-refractivity contribution in [2.24, 2.45) is 0 Å². The van der Waals surface area contributed by atoms with Crippen molar-refractivity contribution < 1.29 is 18.8 Å². The summed E-state index contributed by atoms with van der Waals surface area (Å²) in [6.07, 6.45) is -0.708. The Morgan fingerprint density at radius 2 is 1.85 bits per heavy atom. The lowest BCUT2D eigenvalue weighted by Crippen LogP contribution is -2.36. The number of para-hydroxylation sites is 2. The predicted octanol–water partition coefficient (Wildman–Crippen LogP) is 3.14. The molecule has 0 saturated heterocycles. The lowest BCUT2D eigenvalue weighted by atomic mass is 10.1. The maximum Gasteiger partial charge on any atom is 0.261 e. The molecule has 1 N–H and O–H groups in total. The van der Waals surface area contributed by atoms with Crippen LogP contribution in [0.15, 0.2) is 53.1 Å². The summed E-state index contributed by atoms with van der Waals surface area (Å²) in [5.74, 6) is 1.58. The molecule has 0 unspecified atom stereocenters. The number of carbonyl (C=O) groups is 1. The fourth-order valence-corrected chi connectivity index (χ4v) is 2.41. The first-order valence-electron chi connectivity index (χ1n) is 8.54. The molecule has 27 heavy (non-hydrogen) atoms. The summed E-state index contributed by atoms with van der Waals surface area (Å²) in [7, 11) is 1.55. The third-order valence-corrected chi connectivity index (χ3v) is 3.93. The van der Waals surface area contributed by atoms with Crippen LogP contribution in [0.4, 0.5) is 0 Å². The summed E-state index contributed by atoms with van der Waals surface area (Å²) in [6.45, 7) is 3.79. The molecule has 2 aromatic carbocycles. The minimum absolute atomic E-state index is 0.122. The Morgan fingerprint density at radius 1 is 1.15 bits per heavy atom. The molecule has 3 rings (SSSR count). The van der Waals surface area contributed by atoms with E-state index in [-0.39, 0.29) is 12.5 Å². The molecule has 0 aliphatic heterocycles. The number of carbonyl (C=O) groups excluding carboxylic acids is 1. The van der Waals surface area contributed by atoms with Crippen LogP contribution < -0.4 is 14.8 Å². The van der Waals surface area contributed by atoms with Crippen LogP contribution >= 0.6 is 0 Å². The van der Waals surface area contributed by atoms with Gasteiger partial charge in [-0.1, -0.05) is 47.1 Å². The Labute approximate surface area is 157 Å². The van der Waals surface area contributed by atoms with Crippen molar-refractivity contribution in [2.75, 3.05) is 7.11 Å². The van der Waals surface area contributed by atoms with Gasteiger partial charge in [0.15, 0.2) is 17.6 Å². The zero-order valence-corrected chi connectivity index (χ0v) is 15.4. The molecular formula is C20H21N3O4.